The Kier molecular flexibility index (Phi) is 7.82. The van der Waals surface area contributed by atoms with Crippen molar-refractivity contribution in [3.05, 3.63) is 39.9 Å². The smallest absolute Gasteiger partial charge is 0.329 e. The molecule has 0 spiro atoms. The molecule has 0 saturated carbocycles. The third-order valence-corrected chi connectivity index (χ3v) is 3.46. The topological polar surface area (TPSA) is 168 Å². The fourth-order valence-corrected chi connectivity index (χ4v) is 1.89. The molecule has 0 saturated heterocycles. The largest absolute Gasteiger partial charge is 0.459 e. The Morgan fingerprint density at radius 2 is 1.88 bits per heavy atom. The van der Waals surface area contributed by atoms with Crippen molar-refractivity contribution in [3.8, 4) is 0 Å². The van der Waals surface area contributed by atoms with Gasteiger partial charge < -0.3 is 21.5 Å². The Bertz CT molecular complexity index is 651. The first-order chi connectivity index (χ1) is 11.7. The van der Waals surface area contributed by atoms with Crippen molar-refractivity contribution < 1.29 is 24.0 Å². The number of non-ortho nitro benzene ring substituents is 1. The minimum atomic E-state index is -1.28. The van der Waals surface area contributed by atoms with Gasteiger partial charge in [0.05, 0.1) is 17.4 Å². The summed E-state index contributed by atoms with van der Waals surface area (Å²) in [4.78, 5) is 44.9. The van der Waals surface area contributed by atoms with E-state index in [4.69, 9.17) is 16.2 Å². The van der Waals surface area contributed by atoms with Crippen molar-refractivity contribution in [2.45, 2.75) is 25.1 Å². The summed E-state index contributed by atoms with van der Waals surface area (Å²) in [5.41, 5.74) is 10.9. The van der Waals surface area contributed by atoms with Crippen LogP contribution < -0.4 is 16.8 Å². The molecule has 0 fully saturated rings. The zero-order valence-electron chi connectivity index (χ0n) is 13.1. The number of nitro groups is 1. The lowest BCUT2D eigenvalue weighted by Crippen LogP contribution is -2.50. The highest BCUT2D eigenvalue weighted by Crippen LogP contribution is 2.13. The van der Waals surface area contributed by atoms with Gasteiger partial charge in [0.15, 0.2) is 0 Å². The molecule has 2 atom stereocenters. The number of nitrogens with two attached hydrogens (primary N) is 2. The Morgan fingerprint density at radius 3 is 2.36 bits per heavy atom. The maximum atomic E-state index is 12.1. The van der Waals surface area contributed by atoms with Gasteiger partial charge in [-0.25, -0.2) is 4.79 Å². The van der Waals surface area contributed by atoms with E-state index in [0.29, 0.717) is 5.56 Å². The van der Waals surface area contributed by atoms with E-state index in [2.05, 4.69) is 17.9 Å². The van der Waals surface area contributed by atoms with Gasteiger partial charge in [-0.3, -0.25) is 19.7 Å². The summed E-state index contributed by atoms with van der Waals surface area (Å²) in [6.07, 6.45) is -0.454. The van der Waals surface area contributed by atoms with E-state index in [1.54, 1.807) is 0 Å². The van der Waals surface area contributed by atoms with Crippen molar-refractivity contribution in [2.24, 2.45) is 11.5 Å². The number of ether oxygens (including phenoxy) is 1. The molecule has 1 aromatic rings. The first kappa shape index (κ1) is 20.4. The molecule has 0 aliphatic heterocycles. The zero-order chi connectivity index (χ0) is 19.0. The third-order valence-electron chi connectivity index (χ3n) is 3.07. The molecule has 5 N–H and O–H groups in total. The lowest BCUT2D eigenvalue weighted by molar-refractivity contribution is -0.384. The summed E-state index contributed by atoms with van der Waals surface area (Å²) in [5.74, 6) is -2.31. The van der Waals surface area contributed by atoms with Crippen LogP contribution in [-0.4, -0.2) is 40.5 Å². The van der Waals surface area contributed by atoms with Gasteiger partial charge in [0.2, 0.25) is 11.8 Å². The predicted octanol–water partition coefficient (Wildman–Crippen LogP) is -0.745. The molecule has 0 aliphatic rings. The van der Waals surface area contributed by atoms with Gasteiger partial charge >= 0.3 is 5.97 Å². The highest BCUT2D eigenvalue weighted by Gasteiger charge is 2.26. The predicted molar refractivity (Wildman–Crippen MR) is 90.5 cm³/mol. The SMILES string of the molecule is NC(=O)C[C@H](NC(=O)[C@@H](N)CS)C(=O)OCc1ccc([N+](=O)[O-])cc1. The second-order valence-electron chi connectivity index (χ2n) is 5.05. The Hall–Kier alpha value is -2.66. The number of nitro benzene ring substituents is 1. The monoisotopic (exact) mass is 370 g/mol. The number of nitrogens with zero attached hydrogens (tertiary/aromatic N) is 1. The number of carbonyl (C=O) groups excluding carboxylic acids is 3. The van der Waals surface area contributed by atoms with Crippen molar-refractivity contribution in [1.82, 2.24) is 5.32 Å². The third kappa shape index (κ3) is 6.77. The number of carbonyl (C=O) groups is 3. The van der Waals surface area contributed by atoms with Crippen LogP contribution in [0.1, 0.15) is 12.0 Å². The molecule has 11 heteroatoms. The molecule has 0 unspecified atom stereocenters. The molecule has 25 heavy (non-hydrogen) atoms. The number of benzene rings is 1. The summed E-state index contributed by atoms with van der Waals surface area (Å²) in [6, 6.07) is 3.12. The molecule has 10 nitrogen and oxygen atoms in total. The van der Waals surface area contributed by atoms with E-state index < -0.39 is 41.2 Å². The van der Waals surface area contributed by atoms with E-state index in [0.717, 1.165) is 0 Å². The van der Waals surface area contributed by atoms with Crippen LogP contribution in [0.5, 0.6) is 0 Å². The fourth-order valence-electron chi connectivity index (χ4n) is 1.73. The molecule has 0 radical (unpaired) electrons. The standard InChI is InChI=1S/C14H18N4O6S/c15-10(7-25)13(20)17-11(5-12(16)19)14(21)24-6-8-1-3-9(4-2-8)18(22)23/h1-4,10-11,25H,5-7,15H2,(H2,16,19)(H,17,20)/t10-,11-/m0/s1. The molecular formula is C14H18N4O6S. The van der Waals surface area contributed by atoms with E-state index in [-0.39, 0.29) is 18.0 Å². The van der Waals surface area contributed by atoms with Gasteiger partial charge in [-0.2, -0.15) is 12.6 Å². The number of primary amides is 1. The average molecular weight is 370 g/mol. The van der Waals surface area contributed by atoms with Gasteiger partial charge in [0.25, 0.3) is 5.69 Å². The summed E-state index contributed by atoms with van der Waals surface area (Å²) in [7, 11) is 0. The first-order valence-corrected chi connectivity index (χ1v) is 7.73. The summed E-state index contributed by atoms with van der Waals surface area (Å²) < 4.78 is 5.01. The number of thiol groups is 1. The minimum Gasteiger partial charge on any atom is -0.459 e. The number of hydrogen-bond donors (Lipinski definition) is 4. The van der Waals surface area contributed by atoms with Crippen molar-refractivity contribution in [1.29, 1.82) is 0 Å². The number of amides is 2. The second kappa shape index (κ2) is 9.59. The summed E-state index contributed by atoms with van der Waals surface area (Å²) >= 11 is 3.87. The van der Waals surface area contributed by atoms with Gasteiger partial charge in [-0.15, -0.1) is 0 Å². The Morgan fingerprint density at radius 1 is 1.28 bits per heavy atom. The first-order valence-electron chi connectivity index (χ1n) is 7.09. The van der Waals surface area contributed by atoms with Crippen molar-refractivity contribution in [2.75, 3.05) is 5.75 Å². The molecule has 2 amide bonds. The number of esters is 1. The highest BCUT2D eigenvalue weighted by atomic mass is 32.1. The molecule has 0 heterocycles. The van der Waals surface area contributed by atoms with E-state index in [1.165, 1.54) is 24.3 Å². The highest BCUT2D eigenvalue weighted by molar-refractivity contribution is 7.80. The molecule has 0 bridgehead atoms. The fraction of sp³-hybridized carbons (Fsp3) is 0.357. The van der Waals surface area contributed by atoms with Crippen molar-refractivity contribution in [3.63, 3.8) is 0 Å². The maximum absolute atomic E-state index is 12.1. The van der Waals surface area contributed by atoms with Gasteiger partial charge in [-0.05, 0) is 17.7 Å². The van der Waals surface area contributed by atoms with E-state index in [9.17, 15) is 24.5 Å². The summed E-state index contributed by atoms with van der Waals surface area (Å²) in [6.45, 7) is -0.194. The van der Waals surface area contributed by atoms with E-state index >= 15 is 0 Å². The average Bonchev–Trinajstić information content (AvgIpc) is 2.58. The minimum absolute atomic E-state index is 0.0486. The van der Waals surface area contributed by atoms with Gasteiger partial charge in [0.1, 0.15) is 12.6 Å². The van der Waals surface area contributed by atoms with Crippen LogP contribution in [0, 0.1) is 10.1 Å². The summed E-state index contributed by atoms with van der Waals surface area (Å²) in [5, 5.41) is 12.9. The molecule has 0 aromatic heterocycles. The van der Waals surface area contributed by atoms with Crippen LogP contribution in [0.15, 0.2) is 24.3 Å². The van der Waals surface area contributed by atoms with Gasteiger partial charge in [-0.1, -0.05) is 0 Å². The normalized spacial score (nSPS) is 12.7. The van der Waals surface area contributed by atoms with Crippen LogP contribution in [0.3, 0.4) is 0 Å². The molecule has 136 valence electrons. The number of hydrogen-bond acceptors (Lipinski definition) is 8. The van der Waals surface area contributed by atoms with Crippen LogP contribution in [-0.2, 0) is 25.7 Å². The Labute approximate surface area is 148 Å². The molecule has 1 rings (SSSR count). The van der Waals surface area contributed by atoms with Crippen LogP contribution in [0.4, 0.5) is 5.69 Å². The van der Waals surface area contributed by atoms with E-state index in [1.807, 2.05) is 0 Å². The number of rotatable bonds is 9. The van der Waals surface area contributed by atoms with Crippen LogP contribution in [0.25, 0.3) is 0 Å². The molecular weight excluding hydrogens is 352 g/mol. The lowest BCUT2D eigenvalue weighted by atomic mass is 10.1. The lowest BCUT2D eigenvalue weighted by Gasteiger charge is -2.18. The Balaban J connectivity index is 2.69. The zero-order valence-corrected chi connectivity index (χ0v) is 14.0. The molecule has 0 aliphatic carbocycles. The number of nitrogens with one attached hydrogen (secondary N) is 1. The van der Waals surface area contributed by atoms with Gasteiger partial charge in [0, 0.05) is 17.9 Å². The van der Waals surface area contributed by atoms with Crippen LogP contribution in [0.2, 0.25) is 0 Å². The second-order valence-corrected chi connectivity index (χ2v) is 5.42. The quantitative estimate of drug-likeness (QED) is 0.192. The molecule has 1 aromatic carbocycles. The van der Waals surface area contributed by atoms with Crippen molar-refractivity contribution >= 4 is 36.1 Å². The van der Waals surface area contributed by atoms with Crippen LogP contribution >= 0.6 is 12.6 Å². The maximum Gasteiger partial charge on any atom is 0.329 e.